The first-order valence-electron chi connectivity index (χ1n) is 14.5. The minimum atomic E-state index is 0.939. The Hall–Kier alpha value is -5.38. The minimum absolute atomic E-state index is 0.939. The van der Waals surface area contributed by atoms with Crippen LogP contribution in [0.4, 0.5) is 0 Å². The van der Waals surface area contributed by atoms with Crippen LogP contribution in [-0.4, -0.2) is 9.97 Å². The van der Waals surface area contributed by atoms with E-state index in [0.29, 0.717) is 0 Å². The molecule has 2 heterocycles. The van der Waals surface area contributed by atoms with Gasteiger partial charge in [0.15, 0.2) is 0 Å². The Bertz CT molecular complexity index is 2510. The van der Waals surface area contributed by atoms with E-state index < -0.39 is 0 Å². The smallest absolute Gasteiger partial charge is 0.0971 e. The fourth-order valence-corrected chi connectivity index (χ4v) is 7.54. The molecule has 0 bridgehead atoms. The molecule has 0 aliphatic carbocycles. The van der Waals surface area contributed by atoms with Crippen molar-refractivity contribution in [2.24, 2.45) is 0 Å². The fourth-order valence-electron chi connectivity index (χ4n) is 6.45. The Morgan fingerprint density at radius 1 is 0.326 bits per heavy atom. The number of benzene rings is 7. The SMILES string of the molecule is c1ccc(-c2ccc3c(c2)c2cc(-c4cccc(-c5ccc6sc7ccccc7c6c5)c4)ccc2c2nccnc32)cc1. The Balaban J connectivity index is 1.23. The predicted molar refractivity (Wildman–Crippen MR) is 184 cm³/mol. The molecule has 0 aliphatic heterocycles. The summed E-state index contributed by atoms with van der Waals surface area (Å²) in [6.45, 7) is 0. The summed E-state index contributed by atoms with van der Waals surface area (Å²) >= 11 is 1.86. The molecule has 0 atom stereocenters. The molecule has 0 amide bonds. The van der Waals surface area contributed by atoms with Crippen molar-refractivity contribution in [2.45, 2.75) is 0 Å². The third kappa shape index (κ3) is 3.93. The van der Waals surface area contributed by atoms with Crippen molar-refractivity contribution in [1.82, 2.24) is 9.97 Å². The predicted octanol–water partition coefficient (Wildman–Crippen LogP) is 11.3. The Morgan fingerprint density at radius 2 is 0.837 bits per heavy atom. The average molecular weight is 565 g/mol. The number of rotatable bonds is 3. The molecule has 3 heteroatoms. The molecular formula is C40H24N2S. The molecule has 9 rings (SSSR count). The van der Waals surface area contributed by atoms with Crippen LogP contribution in [-0.2, 0) is 0 Å². The second kappa shape index (κ2) is 9.59. The summed E-state index contributed by atoms with van der Waals surface area (Å²) in [5.41, 5.74) is 9.11. The summed E-state index contributed by atoms with van der Waals surface area (Å²) in [4.78, 5) is 9.54. The maximum absolute atomic E-state index is 4.78. The lowest BCUT2D eigenvalue weighted by Crippen LogP contribution is -1.90. The van der Waals surface area contributed by atoms with Crippen molar-refractivity contribution in [2.75, 3.05) is 0 Å². The third-order valence-corrected chi connectivity index (χ3v) is 9.70. The lowest BCUT2D eigenvalue weighted by Gasteiger charge is -2.13. The molecule has 0 unspecified atom stereocenters. The van der Waals surface area contributed by atoms with Crippen molar-refractivity contribution in [3.05, 3.63) is 146 Å². The van der Waals surface area contributed by atoms with Crippen molar-refractivity contribution in [3.63, 3.8) is 0 Å². The maximum Gasteiger partial charge on any atom is 0.0971 e. The minimum Gasteiger partial charge on any atom is -0.252 e. The monoisotopic (exact) mass is 564 g/mol. The fraction of sp³-hybridized carbons (Fsp3) is 0. The van der Waals surface area contributed by atoms with Gasteiger partial charge >= 0.3 is 0 Å². The normalized spacial score (nSPS) is 11.7. The van der Waals surface area contributed by atoms with Crippen LogP contribution in [0.2, 0.25) is 0 Å². The summed E-state index contributed by atoms with van der Waals surface area (Å²) in [6, 6.07) is 48.5. The number of aromatic nitrogens is 2. The topological polar surface area (TPSA) is 25.8 Å². The standard InChI is InChI=1S/C40H24N2S/c1-2-7-25(8-3-1)28-13-16-32-34(22-28)35-23-29(14-17-33(35)40-39(32)41-19-20-42-40)26-9-6-10-27(21-26)30-15-18-38-36(24-30)31-11-4-5-12-37(31)43-38/h1-24H. The van der Waals surface area contributed by atoms with Gasteiger partial charge in [0.1, 0.15) is 0 Å². The van der Waals surface area contributed by atoms with E-state index in [1.807, 2.05) is 11.3 Å². The molecule has 0 spiro atoms. The van der Waals surface area contributed by atoms with Crippen molar-refractivity contribution < 1.29 is 0 Å². The first-order chi connectivity index (χ1) is 21.3. The number of nitrogens with zero attached hydrogens (tertiary/aromatic N) is 2. The first-order valence-corrected chi connectivity index (χ1v) is 15.3. The summed E-state index contributed by atoms with van der Waals surface area (Å²) in [5, 5.41) is 7.27. The van der Waals surface area contributed by atoms with Gasteiger partial charge in [0.2, 0.25) is 0 Å². The van der Waals surface area contributed by atoms with Gasteiger partial charge in [-0.3, -0.25) is 9.97 Å². The summed E-state index contributed by atoms with van der Waals surface area (Å²) in [5.74, 6) is 0. The highest BCUT2D eigenvalue weighted by molar-refractivity contribution is 7.25. The first kappa shape index (κ1) is 24.2. The molecule has 0 aliphatic rings. The highest BCUT2D eigenvalue weighted by Gasteiger charge is 2.14. The number of fused-ring (bicyclic) bond motifs is 9. The molecule has 9 aromatic rings. The van der Waals surface area contributed by atoms with Crippen molar-refractivity contribution in [1.29, 1.82) is 0 Å². The van der Waals surface area contributed by atoms with Crippen LogP contribution < -0.4 is 0 Å². The molecule has 0 radical (unpaired) electrons. The van der Waals surface area contributed by atoms with Crippen LogP contribution in [0.5, 0.6) is 0 Å². The van der Waals surface area contributed by atoms with E-state index in [1.54, 1.807) is 12.4 Å². The molecular weight excluding hydrogens is 541 g/mol. The lowest BCUT2D eigenvalue weighted by atomic mass is 9.92. The molecule has 0 N–H and O–H groups in total. The van der Waals surface area contributed by atoms with Gasteiger partial charge in [-0.25, -0.2) is 0 Å². The zero-order valence-corrected chi connectivity index (χ0v) is 24.0. The Labute approximate surface area is 252 Å². The Kier molecular flexibility index (Phi) is 5.40. The van der Waals surface area contributed by atoms with Gasteiger partial charge in [-0.1, -0.05) is 97.1 Å². The van der Waals surface area contributed by atoms with Crippen LogP contribution in [0.25, 0.3) is 86.1 Å². The maximum atomic E-state index is 4.78. The Morgan fingerprint density at radius 3 is 1.53 bits per heavy atom. The molecule has 2 aromatic heterocycles. The summed E-state index contributed by atoms with van der Waals surface area (Å²) < 4.78 is 2.66. The number of hydrogen-bond donors (Lipinski definition) is 0. The van der Waals surface area contributed by atoms with E-state index in [1.165, 1.54) is 64.3 Å². The van der Waals surface area contributed by atoms with Crippen LogP contribution in [0.3, 0.4) is 0 Å². The van der Waals surface area contributed by atoms with E-state index in [4.69, 9.17) is 9.97 Å². The van der Waals surface area contributed by atoms with Gasteiger partial charge in [-0.15, -0.1) is 11.3 Å². The zero-order valence-electron chi connectivity index (χ0n) is 23.2. The number of hydrogen-bond acceptors (Lipinski definition) is 3. The van der Waals surface area contributed by atoms with E-state index in [0.717, 1.165) is 21.8 Å². The second-order valence-electron chi connectivity index (χ2n) is 11.0. The third-order valence-electron chi connectivity index (χ3n) is 8.55. The van der Waals surface area contributed by atoms with Crippen LogP contribution in [0, 0.1) is 0 Å². The molecule has 200 valence electrons. The average Bonchev–Trinajstić information content (AvgIpc) is 3.46. The molecule has 2 nitrogen and oxygen atoms in total. The van der Waals surface area contributed by atoms with Gasteiger partial charge in [0.05, 0.1) is 11.0 Å². The van der Waals surface area contributed by atoms with E-state index in [9.17, 15) is 0 Å². The van der Waals surface area contributed by atoms with E-state index >= 15 is 0 Å². The highest BCUT2D eigenvalue weighted by Crippen LogP contribution is 2.39. The van der Waals surface area contributed by atoms with Crippen LogP contribution in [0.1, 0.15) is 0 Å². The van der Waals surface area contributed by atoms with Crippen LogP contribution >= 0.6 is 11.3 Å². The molecule has 0 saturated heterocycles. The molecule has 43 heavy (non-hydrogen) atoms. The van der Waals surface area contributed by atoms with Gasteiger partial charge in [0, 0.05) is 43.3 Å². The molecule has 0 saturated carbocycles. The molecule has 0 fully saturated rings. The quantitative estimate of drug-likeness (QED) is 0.199. The van der Waals surface area contributed by atoms with Crippen molar-refractivity contribution >= 4 is 64.1 Å². The van der Waals surface area contributed by atoms with Gasteiger partial charge < -0.3 is 0 Å². The number of thiophene rings is 1. The zero-order chi connectivity index (χ0) is 28.3. The van der Waals surface area contributed by atoms with Crippen LogP contribution in [0.15, 0.2) is 146 Å². The summed E-state index contributed by atoms with van der Waals surface area (Å²) in [7, 11) is 0. The van der Waals surface area contributed by atoms with Crippen molar-refractivity contribution in [3.8, 4) is 33.4 Å². The van der Waals surface area contributed by atoms with Gasteiger partial charge in [-0.05, 0) is 80.6 Å². The van der Waals surface area contributed by atoms with Gasteiger partial charge in [-0.2, -0.15) is 0 Å². The lowest BCUT2D eigenvalue weighted by molar-refractivity contribution is 1.31. The molecule has 7 aromatic carbocycles. The second-order valence-corrected chi connectivity index (χ2v) is 12.1. The van der Waals surface area contributed by atoms with Gasteiger partial charge in [0.25, 0.3) is 0 Å². The van der Waals surface area contributed by atoms with E-state index in [-0.39, 0.29) is 0 Å². The largest absolute Gasteiger partial charge is 0.252 e. The van der Waals surface area contributed by atoms with E-state index in [2.05, 4.69) is 133 Å². The highest BCUT2D eigenvalue weighted by atomic mass is 32.1. The summed E-state index contributed by atoms with van der Waals surface area (Å²) in [6.07, 6.45) is 3.58.